The van der Waals surface area contributed by atoms with E-state index in [9.17, 15) is 14.4 Å². The smallest absolute Gasteiger partial charge is 0.261 e. The van der Waals surface area contributed by atoms with Crippen LogP contribution in [0.15, 0.2) is 71.7 Å². The number of ether oxygens (including phenoxy) is 1. The van der Waals surface area contributed by atoms with Crippen molar-refractivity contribution in [2.24, 2.45) is 4.99 Å². The van der Waals surface area contributed by atoms with Crippen molar-refractivity contribution in [3.05, 3.63) is 94.7 Å². The maximum atomic E-state index is 14.7. The van der Waals surface area contributed by atoms with Gasteiger partial charge in [-0.05, 0) is 36.2 Å². The second-order valence-electron chi connectivity index (χ2n) is 9.84. The molecule has 2 amide bonds. The quantitative estimate of drug-likeness (QED) is 0.414. The van der Waals surface area contributed by atoms with Crippen LogP contribution in [0.3, 0.4) is 0 Å². The highest BCUT2D eigenvalue weighted by Crippen LogP contribution is 2.47. The van der Waals surface area contributed by atoms with Crippen LogP contribution in [0.1, 0.15) is 48.8 Å². The van der Waals surface area contributed by atoms with Crippen molar-refractivity contribution in [2.75, 3.05) is 20.2 Å². The number of fused-ring (bicyclic) bond motifs is 7. The molecule has 1 unspecified atom stereocenters. The van der Waals surface area contributed by atoms with Gasteiger partial charge in [0.1, 0.15) is 11.3 Å². The Morgan fingerprint density at radius 3 is 2.47 bits per heavy atom. The molecule has 0 aliphatic carbocycles. The highest BCUT2D eigenvalue weighted by atomic mass is 16.5. The number of imide groups is 1. The van der Waals surface area contributed by atoms with Crippen LogP contribution in [0.4, 0.5) is 5.69 Å². The lowest BCUT2D eigenvalue weighted by molar-refractivity contribution is 0.0560. The van der Waals surface area contributed by atoms with Crippen molar-refractivity contribution in [1.82, 2.24) is 14.8 Å². The standard InChI is InChI=1S/C30H24N4O4/c1-38-18-10-11-23-25(16-18)31-17-33-14-12-20-19-6-4-5-9-24(19)32-26(20)27(35)30(23,33)13-15-34-28(36)21-7-2-3-8-22(21)29(34)37/h2-11,16-17,32H,12-15H2,1H3. The summed E-state index contributed by atoms with van der Waals surface area (Å²) in [4.78, 5) is 52.4. The summed E-state index contributed by atoms with van der Waals surface area (Å²) in [6.45, 7) is 0.640. The molecule has 0 bridgehead atoms. The summed E-state index contributed by atoms with van der Waals surface area (Å²) in [5.41, 5.74) is 3.44. The summed E-state index contributed by atoms with van der Waals surface area (Å²) >= 11 is 0. The topological polar surface area (TPSA) is 95.1 Å². The van der Waals surface area contributed by atoms with E-state index in [-0.39, 0.29) is 30.6 Å². The number of amides is 2. The lowest BCUT2D eigenvalue weighted by atomic mass is 9.78. The molecule has 4 aromatic rings. The molecule has 0 fully saturated rings. The van der Waals surface area contributed by atoms with Gasteiger partial charge in [0.05, 0.1) is 36.0 Å². The van der Waals surface area contributed by atoms with Crippen LogP contribution < -0.4 is 4.74 Å². The van der Waals surface area contributed by atoms with Crippen LogP contribution in [0.2, 0.25) is 0 Å². The van der Waals surface area contributed by atoms with Gasteiger partial charge in [0, 0.05) is 42.0 Å². The number of rotatable bonds is 4. The summed E-state index contributed by atoms with van der Waals surface area (Å²) in [5.74, 6) is -0.131. The number of aromatic amines is 1. The second kappa shape index (κ2) is 8.14. The molecule has 1 aromatic heterocycles. The Labute approximate surface area is 218 Å². The third kappa shape index (κ3) is 2.97. The van der Waals surface area contributed by atoms with E-state index in [4.69, 9.17) is 4.74 Å². The number of H-pyrrole nitrogens is 1. The number of ketones is 1. The van der Waals surface area contributed by atoms with E-state index in [2.05, 4.69) is 9.98 Å². The fraction of sp³-hybridized carbons (Fsp3) is 0.200. The van der Waals surface area contributed by atoms with Gasteiger partial charge in [-0.2, -0.15) is 0 Å². The number of hydrogen-bond donors (Lipinski definition) is 1. The Hall–Kier alpha value is -4.72. The highest BCUT2D eigenvalue weighted by molar-refractivity contribution is 6.21. The first-order valence-electron chi connectivity index (χ1n) is 12.6. The molecule has 1 N–H and O–H groups in total. The molecule has 8 nitrogen and oxygen atoms in total. The van der Waals surface area contributed by atoms with Crippen LogP contribution in [0.25, 0.3) is 10.9 Å². The Morgan fingerprint density at radius 1 is 0.974 bits per heavy atom. The number of Topliss-reactive ketones (excluding diaryl/α,β-unsaturated/α-hetero) is 1. The van der Waals surface area contributed by atoms with Crippen LogP contribution >= 0.6 is 0 Å². The SMILES string of the molecule is COc1ccc2c(c1)N=CN1CCc3c([nH]c4ccccc34)C(=O)C21CCN1C(=O)c2ccccc2C1=O. The van der Waals surface area contributed by atoms with Gasteiger partial charge >= 0.3 is 0 Å². The second-order valence-corrected chi connectivity index (χ2v) is 9.84. The minimum absolute atomic E-state index is 0.0868. The van der Waals surface area contributed by atoms with Crippen LogP contribution in [0, 0.1) is 0 Å². The number of methoxy groups -OCH3 is 1. The molecule has 8 heteroatoms. The number of carbonyl (C=O) groups is 3. The number of aromatic nitrogens is 1. The zero-order chi connectivity index (χ0) is 26.0. The molecule has 0 saturated heterocycles. The predicted octanol–water partition coefficient (Wildman–Crippen LogP) is 4.47. The normalized spacial score (nSPS) is 19.8. The third-order valence-corrected chi connectivity index (χ3v) is 8.07. The molecule has 4 heterocycles. The number of hydrogen-bond acceptors (Lipinski definition) is 6. The van der Waals surface area contributed by atoms with Crippen molar-refractivity contribution in [1.29, 1.82) is 0 Å². The predicted molar refractivity (Wildman–Crippen MR) is 142 cm³/mol. The fourth-order valence-electron chi connectivity index (χ4n) is 6.18. The Morgan fingerprint density at radius 2 is 1.71 bits per heavy atom. The van der Waals surface area contributed by atoms with E-state index in [0.29, 0.717) is 41.2 Å². The maximum Gasteiger partial charge on any atom is 0.261 e. The molecule has 0 spiro atoms. The maximum absolute atomic E-state index is 14.7. The molecule has 3 aliphatic rings. The number of aliphatic imine (C=N–C) groups is 1. The Bertz CT molecular complexity index is 1670. The number of nitrogens with zero attached hydrogens (tertiary/aromatic N) is 3. The minimum Gasteiger partial charge on any atom is -0.497 e. The van der Waals surface area contributed by atoms with Gasteiger partial charge < -0.3 is 14.6 Å². The Kier molecular flexibility index (Phi) is 4.82. The van der Waals surface area contributed by atoms with Crippen LogP contribution in [0.5, 0.6) is 5.75 Å². The first-order chi connectivity index (χ1) is 18.5. The first kappa shape index (κ1) is 22.5. The molecule has 3 aliphatic heterocycles. The van der Waals surface area contributed by atoms with Gasteiger partial charge in [-0.25, -0.2) is 4.99 Å². The zero-order valence-corrected chi connectivity index (χ0v) is 20.7. The van der Waals surface area contributed by atoms with E-state index >= 15 is 0 Å². The van der Waals surface area contributed by atoms with E-state index in [1.54, 1.807) is 37.7 Å². The summed E-state index contributed by atoms with van der Waals surface area (Å²) < 4.78 is 5.43. The number of nitrogens with one attached hydrogen (secondary N) is 1. The fourth-order valence-corrected chi connectivity index (χ4v) is 6.18. The summed E-state index contributed by atoms with van der Waals surface area (Å²) in [6, 6.07) is 20.3. The molecule has 0 saturated carbocycles. The average Bonchev–Trinajstić information content (AvgIpc) is 3.40. The lowest BCUT2D eigenvalue weighted by Gasteiger charge is -2.44. The molecular weight excluding hydrogens is 480 g/mol. The monoisotopic (exact) mass is 504 g/mol. The Balaban J connectivity index is 1.37. The van der Waals surface area contributed by atoms with Crippen molar-refractivity contribution < 1.29 is 19.1 Å². The molecule has 38 heavy (non-hydrogen) atoms. The third-order valence-electron chi connectivity index (χ3n) is 8.07. The van der Waals surface area contributed by atoms with Crippen molar-refractivity contribution in [2.45, 2.75) is 18.4 Å². The van der Waals surface area contributed by atoms with E-state index < -0.39 is 5.54 Å². The lowest BCUT2D eigenvalue weighted by Crippen LogP contribution is -2.54. The highest BCUT2D eigenvalue weighted by Gasteiger charge is 2.51. The van der Waals surface area contributed by atoms with Crippen LogP contribution in [-0.2, 0) is 12.0 Å². The van der Waals surface area contributed by atoms with E-state index in [1.165, 1.54) is 4.90 Å². The number of benzene rings is 3. The number of para-hydroxylation sites is 1. The van der Waals surface area contributed by atoms with Crippen molar-refractivity contribution in [3.8, 4) is 5.75 Å². The average molecular weight is 505 g/mol. The summed E-state index contributed by atoms with van der Waals surface area (Å²) in [7, 11) is 1.59. The summed E-state index contributed by atoms with van der Waals surface area (Å²) in [6.07, 6.45) is 2.59. The zero-order valence-electron chi connectivity index (χ0n) is 20.7. The summed E-state index contributed by atoms with van der Waals surface area (Å²) in [5, 5.41) is 1.03. The molecule has 0 radical (unpaired) electrons. The first-order valence-corrected chi connectivity index (χ1v) is 12.6. The largest absolute Gasteiger partial charge is 0.497 e. The van der Waals surface area contributed by atoms with Gasteiger partial charge in [-0.1, -0.05) is 36.4 Å². The van der Waals surface area contributed by atoms with E-state index in [0.717, 1.165) is 22.0 Å². The van der Waals surface area contributed by atoms with Gasteiger partial charge in [0.25, 0.3) is 11.8 Å². The molecule has 3 aromatic carbocycles. The molecule has 7 rings (SSSR count). The van der Waals surface area contributed by atoms with Gasteiger partial charge in [0.2, 0.25) is 5.78 Å². The van der Waals surface area contributed by atoms with Gasteiger partial charge in [-0.3, -0.25) is 19.3 Å². The van der Waals surface area contributed by atoms with Gasteiger partial charge in [0.15, 0.2) is 0 Å². The molecule has 1 atom stereocenters. The molecular formula is C30H24N4O4. The van der Waals surface area contributed by atoms with Gasteiger partial charge in [-0.15, -0.1) is 0 Å². The van der Waals surface area contributed by atoms with Crippen LogP contribution in [-0.4, -0.2) is 58.9 Å². The number of carbonyl (C=O) groups excluding carboxylic acids is 3. The van der Waals surface area contributed by atoms with E-state index in [1.807, 2.05) is 47.4 Å². The minimum atomic E-state index is -1.16. The molecule has 188 valence electrons. The van der Waals surface area contributed by atoms with Crippen molar-refractivity contribution in [3.63, 3.8) is 0 Å². The van der Waals surface area contributed by atoms with Crippen molar-refractivity contribution >= 4 is 40.5 Å².